The van der Waals surface area contributed by atoms with Crippen molar-refractivity contribution in [3.8, 4) is 5.75 Å². The molecule has 0 saturated carbocycles. The number of piperazine rings is 1. The molecule has 5 rings (SSSR count). The van der Waals surface area contributed by atoms with Crippen LogP contribution >= 0.6 is 0 Å². The number of carbonyl (C=O) groups is 1. The molecule has 36 heavy (non-hydrogen) atoms. The molecule has 2 N–H and O–H groups in total. The smallest absolute Gasteiger partial charge is 0.266 e. The van der Waals surface area contributed by atoms with Gasteiger partial charge in [0.05, 0.1) is 50.9 Å². The molecule has 0 atom stereocenters. The molecule has 3 aromatic rings. The number of methoxy groups -OCH3 is 1. The van der Waals surface area contributed by atoms with E-state index in [1.807, 2.05) is 6.20 Å². The topological polar surface area (TPSA) is 136 Å². The van der Waals surface area contributed by atoms with E-state index in [0.717, 1.165) is 74.9 Å². The lowest BCUT2D eigenvalue weighted by Gasteiger charge is -2.33. The third-order valence-electron chi connectivity index (χ3n) is 6.96. The Bertz CT molecular complexity index is 1440. The summed E-state index contributed by atoms with van der Waals surface area (Å²) in [4.78, 5) is 26.9. The molecule has 2 aliphatic heterocycles. The average molecular weight is 513 g/mol. The molecule has 4 heterocycles. The van der Waals surface area contributed by atoms with Crippen LogP contribution in [0.25, 0.3) is 15.8 Å². The Morgan fingerprint density at radius 3 is 2.72 bits per heavy atom. The van der Waals surface area contributed by atoms with Gasteiger partial charge in [-0.15, -0.1) is 0 Å². The fourth-order valence-electron chi connectivity index (χ4n) is 4.92. The van der Waals surface area contributed by atoms with Gasteiger partial charge >= 0.3 is 0 Å². The van der Waals surface area contributed by atoms with Crippen LogP contribution in [-0.4, -0.2) is 80.5 Å². The number of likely N-dealkylation sites (N-methyl/N-ethyl adjacent to an activating group) is 1. The number of nitrogens with one attached hydrogen (secondary N) is 2. The van der Waals surface area contributed by atoms with E-state index in [4.69, 9.17) is 4.74 Å². The minimum atomic E-state index is -4.12. The molecular formula is C24H28N6O5S. The molecule has 11 nitrogen and oxygen atoms in total. The number of aromatic nitrogens is 3. The van der Waals surface area contributed by atoms with Gasteiger partial charge in [-0.2, -0.15) is 0 Å². The van der Waals surface area contributed by atoms with E-state index in [9.17, 15) is 18.3 Å². The van der Waals surface area contributed by atoms with E-state index in [-0.39, 0.29) is 5.56 Å². The van der Waals surface area contributed by atoms with E-state index in [1.54, 1.807) is 31.5 Å². The predicted octanol–water partition coefficient (Wildman–Crippen LogP) is -0.865. The van der Waals surface area contributed by atoms with E-state index >= 15 is 0 Å². The van der Waals surface area contributed by atoms with Crippen molar-refractivity contribution < 1.29 is 28.0 Å². The van der Waals surface area contributed by atoms with Crippen LogP contribution in [0.4, 0.5) is 5.82 Å². The second-order valence-electron chi connectivity index (χ2n) is 9.02. The number of rotatable bonds is 7. The normalized spacial score (nSPS) is 18.4. The first-order valence-electron chi connectivity index (χ1n) is 11.8. The molecule has 0 spiro atoms. The number of amides is 1. The number of quaternary nitrogens is 1. The molecular weight excluding hydrogens is 484 g/mol. The number of carbonyl (C=O) groups excluding carboxylic acids is 1. The second-order valence-corrected chi connectivity index (χ2v) is 10.9. The molecule has 0 unspecified atom stereocenters. The van der Waals surface area contributed by atoms with Gasteiger partial charge in [-0.25, -0.2) is 22.7 Å². The SMILES string of the molecule is COc1cncnc1N1CC[NH+](CCCc2c[nH]c3ccc(C4=C([O-])C(=O)N(C)S4(=O)=O)cc23)CC1. The highest BCUT2D eigenvalue weighted by atomic mass is 32.2. The Balaban J connectivity index is 1.23. The van der Waals surface area contributed by atoms with Gasteiger partial charge in [0.15, 0.2) is 11.6 Å². The quantitative estimate of drug-likeness (QED) is 0.417. The number of fused-ring (bicyclic) bond motifs is 1. The minimum Gasteiger partial charge on any atom is -0.868 e. The molecule has 0 bridgehead atoms. The number of benzene rings is 1. The van der Waals surface area contributed by atoms with Crippen molar-refractivity contribution in [3.05, 3.63) is 53.8 Å². The predicted molar refractivity (Wildman–Crippen MR) is 132 cm³/mol. The van der Waals surface area contributed by atoms with Crippen LogP contribution in [0, 0.1) is 0 Å². The molecule has 1 fully saturated rings. The number of sulfonamides is 1. The third-order valence-corrected chi connectivity index (χ3v) is 8.78. The number of hydrogen-bond donors (Lipinski definition) is 2. The summed E-state index contributed by atoms with van der Waals surface area (Å²) in [5.74, 6) is -0.507. The van der Waals surface area contributed by atoms with Crippen LogP contribution in [0.1, 0.15) is 17.5 Å². The maximum absolute atomic E-state index is 12.6. The van der Waals surface area contributed by atoms with Gasteiger partial charge in [0.25, 0.3) is 15.9 Å². The van der Waals surface area contributed by atoms with Gasteiger partial charge in [-0.1, -0.05) is 6.07 Å². The number of H-pyrrole nitrogens is 1. The van der Waals surface area contributed by atoms with Crippen LogP contribution < -0.4 is 19.6 Å². The fourth-order valence-corrected chi connectivity index (χ4v) is 6.24. The minimum absolute atomic E-state index is 0.243. The van der Waals surface area contributed by atoms with E-state index in [1.165, 1.54) is 11.2 Å². The van der Waals surface area contributed by atoms with E-state index in [2.05, 4.69) is 19.9 Å². The highest BCUT2D eigenvalue weighted by Crippen LogP contribution is 2.34. The number of hydrogen-bond acceptors (Lipinski definition) is 8. The van der Waals surface area contributed by atoms with Crippen molar-refractivity contribution in [1.29, 1.82) is 0 Å². The Labute approximate surface area is 209 Å². The van der Waals surface area contributed by atoms with E-state index < -0.39 is 26.6 Å². The van der Waals surface area contributed by atoms with Gasteiger partial charge < -0.3 is 24.6 Å². The lowest BCUT2D eigenvalue weighted by Crippen LogP contribution is -3.14. The van der Waals surface area contributed by atoms with Crippen molar-refractivity contribution >= 4 is 37.6 Å². The van der Waals surface area contributed by atoms with Gasteiger partial charge in [-0.3, -0.25) is 4.79 Å². The molecule has 190 valence electrons. The second kappa shape index (κ2) is 9.43. The summed E-state index contributed by atoms with van der Waals surface area (Å²) in [7, 11) is -1.40. The fraction of sp³-hybridized carbons (Fsp3) is 0.375. The van der Waals surface area contributed by atoms with Crippen LogP contribution in [0.2, 0.25) is 0 Å². The summed E-state index contributed by atoms with van der Waals surface area (Å²) in [5, 5.41) is 13.2. The molecule has 1 saturated heterocycles. The largest absolute Gasteiger partial charge is 0.868 e. The highest BCUT2D eigenvalue weighted by molar-refractivity contribution is 7.99. The Hall–Kier alpha value is -3.64. The molecule has 0 aliphatic carbocycles. The van der Waals surface area contributed by atoms with E-state index in [0.29, 0.717) is 10.1 Å². The summed E-state index contributed by atoms with van der Waals surface area (Å²) in [6.45, 7) is 4.75. The maximum atomic E-state index is 12.6. The van der Waals surface area contributed by atoms with Crippen LogP contribution in [0.15, 0.2) is 42.7 Å². The first-order valence-corrected chi connectivity index (χ1v) is 13.2. The summed E-state index contributed by atoms with van der Waals surface area (Å²) < 4.78 is 31.1. The van der Waals surface area contributed by atoms with Crippen LogP contribution in [-0.2, 0) is 21.2 Å². The Kier molecular flexibility index (Phi) is 6.31. The zero-order valence-electron chi connectivity index (χ0n) is 20.2. The first-order chi connectivity index (χ1) is 17.3. The van der Waals surface area contributed by atoms with Crippen molar-refractivity contribution in [2.24, 2.45) is 0 Å². The molecule has 0 radical (unpaired) electrons. The number of aryl methyl sites for hydroxylation is 1. The van der Waals surface area contributed by atoms with Gasteiger partial charge in [0.2, 0.25) is 0 Å². The summed E-state index contributed by atoms with van der Waals surface area (Å²) in [5.41, 5.74) is 2.16. The lowest BCUT2D eigenvalue weighted by molar-refractivity contribution is -0.900. The van der Waals surface area contributed by atoms with Crippen molar-refractivity contribution in [3.63, 3.8) is 0 Å². The summed E-state index contributed by atoms with van der Waals surface area (Å²) >= 11 is 0. The molecule has 12 heteroatoms. The molecule has 1 aromatic carbocycles. The zero-order chi connectivity index (χ0) is 25.4. The lowest BCUT2D eigenvalue weighted by atomic mass is 10.0. The summed E-state index contributed by atoms with van der Waals surface area (Å²) in [6.07, 6.45) is 6.91. The van der Waals surface area contributed by atoms with Crippen molar-refractivity contribution in [2.75, 3.05) is 51.8 Å². The number of nitrogens with zero attached hydrogens (tertiary/aromatic N) is 4. The standard InChI is InChI=1S/C24H28N6O5S/c1-28-24(32)21(31)22(36(28,33)34)16-5-6-19-18(12-16)17(13-26-19)4-3-7-29-8-10-30(11-9-29)23-20(35-2)14-25-15-27-23/h5-6,12-15,26,31H,3-4,7-11H2,1-2H3. The van der Waals surface area contributed by atoms with Gasteiger partial charge in [-0.05, 0) is 35.4 Å². The first kappa shape index (κ1) is 24.1. The van der Waals surface area contributed by atoms with Crippen LogP contribution in [0.5, 0.6) is 5.75 Å². The third kappa shape index (κ3) is 4.16. The number of ether oxygens (including phenoxy) is 1. The molecule has 2 aromatic heterocycles. The average Bonchev–Trinajstić information content (AvgIpc) is 3.36. The maximum Gasteiger partial charge on any atom is 0.266 e. The molecule has 1 amide bonds. The van der Waals surface area contributed by atoms with Crippen LogP contribution in [0.3, 0.4) is 0 Å². The van der Waals surface area contributed by atoms with Crippen molar-refractivity contribution in [1.82, 2.24) is 19.3 Å². The number of aromatic amines is 1. The highest BCUT2D eigenvalue weighted by Gasteiger charge is 2.37. The monoisotopic (exact) mass is 512 g/mol. The van der Waals surface area contributed by atoms with Gasteiger partial charge in [0, 0.05) is 30.6 Å². The Morgan fingerprint density at radius 1 is 1.25 bits per heavy atom. The Morgan fingerprint density at radius 2 is 2.03 bits per heavy atom. The van der Waals surface area contributed by atoms with Crippen molar-refractivity contribution in [2.45, 2.75) is 12.8 Å². The summed E-state index contributed by atoms with van der Waals surface area (Å²) in [6, 6.07) is 5.01. The van der Waals surface area contributed by atoms with Gasteiger partial charge in [0.1, 0.15) is 6.33 Å². The zero-order valence-corrected chi connectivity index (χ0v) is 21.0. The molecule has 2 aliphatic rings. The number of anilines is 1.